The Labute approximate surface area is 143 Å². The molecule has 1 aliphatic rings. The van der Waals surface area contributed by atoms with Crippen LogP contribution in [0, 0.1) is 5.92 Å². The zero-order chi connectivity index (χ0) is 16.9. The van der Waals surface area contributed by atoms with Gasteiger partial charge in [-0.05, 0) is 55.7 Å². The minimum Gasteiger partial charge on any atom is -0.310 e. The highest BCUT2D eigenvalue weighted by atomic mass is 16.1. The van der Waals surface area contributed by atoms with E-state index >= 15 is 0 Å². The van der Waals surface area contributed by atoms with Crippen LogP contribution in [0.1, 0.15) is 56.8 Å². The molecular formula is C19H26N4O. The molecule has 128 valence electrons. The van der Waals surface area contributed by atoms with E-state index in [1.54, 1.807) is 6.20 Å². The molecule has 0 unspecified atom stereocenters. The molecule has 0 aromatic carbocycles. The average Bonchev–Trinajstić information content (AvgIpc) is 2.92. The molecule has 0 saturated heterocycles. The van der Waals surface area contributed by atoms with E-state index in [0.29, 0.717) is 24.2 Å². The van der Waals surface area contributed by atoms with E-state index in [4.69, 9.17) is 0 Å². The fourth-order valence-electron chi connectivity index (χ4n) is 2.89. The summed E-state index contributed by atoms with van der Waals surface area (Å²) in [5.74, 6) is 1.26. The lowest BCUT2D eigenvalue weighted by atomic mass is 9.93. The summed E-state index contributed by atoms with van der Waals surface area (Å²) in [6.45, 7) is 4.44. The molecule has 5 heteroatoms. The predicted molar refractivity (Wildman–Crippen MR) is 94.8 cm³/mol. The Kier molecular flexibility index (Phi) is 5.28. The van der Waals surface area contributed by atoms with Gasteiger partial charge in [-0.15, -0.1) is 0 Å². The van der Waals surface area contributed by atoms with Gasteiger partial charge in [-0.1, -0.05) is 19.9 Å². The zero-order valence-corrected chi connectivity index (χ0v) is 14.5. The number of hydrogen-bond donors (Lipinski definition) is 1. The van der Waals surface area contributed by atoms with Gasteiger partial charge in [0.1, 0.15) is 5.82 Å². The first-order chi connectivity index (χ1) is 11.6. The monoisotopic (exact) mass is 326 g/mol. The maximum atomic E-state index is 12.3. The number of rotatable bonds is 7. The van der Waals surface area contributed by atoms with E-state index in [1.807, 2.05) is 29.1 Å². The van der Waals surface area contributed by atoms with Crippen LogP contribution < -0.4 is 5.32 Å². The van der Waals surface area contributed by atoms with Crippen LogP contribution in [0.4, 0.5) is 5.82 Å². The van der Waals surface area contributed by atoms with Crippen LogP contribution in [0.25, 0.3) is 0 Å². The molecule has 0 atom stereocenters. The minimum absolute atomic E-state index is 0.0431. The number of aromatic nitrogens is 3. The summed E-state index contributed by atoms with van der Waals surface area (Å²) >= 11 is 0. The van der Waals surface area contributed by atoms with Crippen LogP contribution in [0.15, 0.2) is 30.6 Å². The molecule has 2 aromatic heterocycles. The SMILES string of the molecule is CC(C)CCc1ccc(NC(=O)Cc2ccnn2C2CCC2)nc1. The molecule has 2 heterocycles. The van der Waals surface area contributed by atoms with Gasteiger partial charge in [0, 0.05) is 18.1 Å². The number of pyridine rings is 1. The van der Waals surface area contributed by atoms with Crippen molar-refractivity contribution in [3.05, 3.63) is 41.9 Å². The fraction of sp³-hybridized carbons (Fsp3) is 0.526. The van der Waals surface area contributed by atoms with Gasteiger partial charge in [-0.3, -0.25) is 9.48 Å². The number of amides is 1. The normalized spacial score (nSPS) is 14.6. The zero-order valence-electron chi connectivity index (χ0n) is 14.5. The predicted octanol–water partition coefficient (Wildman–Crippen LogP) is 3.77. The van der Waals surface area contributed by atoms with Crippen molar-refractivity contribution in [1.29, 1.82) is 0 Å². The number of nitrogens with zero attached hydrogens (tertiary/aromatic N) is 3. The molecule has 3 rings (SSSR count). The van der Waals surface area contributed by atoms with Crippen LogP contribution in [0.5, 0.6) is 0 Å². The van der Waals surface area contributed by atoms with Crippen molar-refractivity contribution in [3.8, 4) is 0 Å². The summed E-state index contributed by atoms with van der Waals surface area (Å²) < 4.78 is 2.01. The standard InChI is InChI=1S/C19H26N4O/c1-14(2)6-7-15-8-9-18(20-13-15)22-19(24)12-17-10-11-21-23(17)16-4-3-5-16/h8-11,13-14,16H,3-7,12H2,1-2H3,(H,20,22,24). The second kappa shape index (κ2) is 7.60. The third-order valence-corrected chi connectivity index (χ3v) is 4.62. The molecule has 0 bridgehead atoms. The van der Waals surface area contributed by atoms with Gasteiger partial charge in [0.05, 0.1) is 12.5 Å². The van der Waals surface area contributed by atoms with Crippen molar-refractivity contribution in [2.45, 2.75) is 58.4 Å². The number of nitrogens with one attached hydrogen (secondary N) is 1. The molecule has 0 aliphatic heterocycles. The van der Waals surface area contributed by atoms with Crippen LogP contribution in [0.2, 0.25) is 0 Å². The third kappa shape index (κ3) is 4.22. The number of carbonyl (C=O) groups excluding carboxylic acids is 1. The number of aryl methyl sites for hydroxylation is 1. The smallest absolute Gasteiger partial charge is 0.231 e. The molecule has 1 N–H and O–H groups in total. The lowest BCUT2D eigenvalue weighted by Gasteiger charge is -2.27. The largest absolute Gasteiger partial charge is 0.310 e. The maximum Gasteiger partial charge on any atom is 0.231 e. The molecule has 1 saturated carbocycles. The molecule has 1 aliphatic carbocycles. The summed E-state index contributed by atoms with van der Waals surface area (Å²) in [4.78, 5) is 16.6. The van der Waals surface area contributed by atoms with Crippen molar-refractivity contribution >= 4 is 11.7 Å². The number of anilines is 1. The molecular weight excluding hydrogens is 300 g/mol. The van der Waals surface area contributed by atoms with Gasteiger partial charge in [-0.25, -0.2) is 4.98 Å². The van der Waals surface area contributed by atoms with Crippen molar-refractivity contribution < 1.29 is 4.79 Å². The lowest BCUT2D eigenvalue weighted by molar-refractivity contribution is -0.115. The summed E-state index contributed by atoms with van der Waals surface area (Å²) in [5, 5.41) is 7.25. The van der Waals surface area contributed by atoms with Crippen LogP contribution in [-0.2, 0) is 17.6 Å². The van der Waals surface area contributed by atoms with Crippen molar-refractivity contribution in [1.82, 2.24) is 14.8 Å². The van der Waals surface area contributed by atoms with Crippen LogP contribution in [-0.4, -0.2) is 20.7 Å². The second-order valence-corrected chi connectivity index (χ2v) is 7.06. The van der Waals surface area contributed by atoms with Crippen molar-refractivity contribution in [2.75, 3.05) is 5.32 Å². The van der Waals surface area contributed by atoms with Gasteiger partial charge in [0.2, 0.25) is 5.91 Å². The number of hydrogen-bond acceptors (Lipinski definition) is 3. The molecule has 5 nitrogen and oxygen atoms in total. The summed E-state index contributed by atoms with van der Waals surface area (Å²) in [5.41, 5.74) is 2.19. The Bertz CT molecular complexity index is 671. The first-order valence-electron chi connectivity index (χ1n) is 8.89. The Morgan fingerprint density at radius 1 is 1.33 bits per heavy atom. The van der Waals surface area contributed by atoms with E-state index in [1.165, 1.54) is 12.0 Å². The molecule has 0 spiro atoms. The van der Waals surface area contributed by atoms with E-state index in [0.717, 1.165) is 31.4 Å². The Morgan fingerprint density at radius 2 is 2.17 bits per heavy atom. The molecule has 1 fully saturated rings. The van der Waals surface area contributed by atoms with Crippen LogP contribution in [0.3, 0.4) is 0 Å². The quantitative estimate of drug-likeness (QED) is 0.842. The minimum atomic E-state index is -0.0431. The summed E-state index contributed by atoms with van der Waals surface area (Å²) in [6, 6.07) is 6.34. The third-order valence-electron chi connectivity index (χ3n) is 4.62. The fourth-order valence-corrected chi connectivity index (χ4v) is 2.89. The summed E-state index contributed by atoms with van der Waals surface area (Å²) in [7, 11) is 0. The van der Waals surface area contributed by atoms with Gasteiger partial charge in [0.15, 0.2) is 0 Å². The Hall–Kier alpha value is -2.17. The Morgan fingerprint density at radius 3 is 2.79 bits per heavy atom. The van der Waals surface area contributed by atoms with E-state index in [9.17, 15) is 4.79 Å². The first kappa shape index (κ1) is 16.7. The van der Waals surface area contributed by atoms with Crippen molar-refractivity contribution in [3.63, 3.8) is 0 Å². The van der Waals surface area contributed by atoms with Gasteiger partial charge < -0.3 is 5.32 Å². The van der Waals surface area contributed by atoms with Gasteiger partial charge in [-0.2, -0.15) is 5.10 Å². The topological polar surface area (TPSA) is 59.8 Å². The first-order valence-corrected chi connectivity index (χ1v) is 8.89. The van der Waals surface area contributed by atoms with E-state index in [-0.39, 0.29) is 5.91 Å². The highest BCUT2D eigenvalue weighted by molar-refractivity contribution is 5.91. The highest BCUT2D eigenvalue weighted by Crippen LogP contribution is 2.31. The summed E-state index contributed by atoms with van der Waals surface area (Å²) in [6.07, 6.45) is 9.74. The van der Waals surface area contributed by atoms with Gasteiger partial charge >= 0.3 is 0 Å². The molecule has 2 aromatic rings. The Balaban J connectivity index is 1.54. The maximum absolute atomic E-state index is 12.3. The molecule has 24 heavy (non-hydrogen) atoms. The van der Waals surface area contributed by atoms with Crippen LogP contribution >= 0.6 is 0 Å². The molecule has 0 radical (unpaired) electrons. The highest BCUT2D eigenvalue weighted by Gasteiger charge is 2.22. The molecule has 1 amide bonds. The van der Waals surface area contributed by atoms with Gasteiger partial charge in [0.25, 0.3) is 0 Å². The van der Waals surface area contributed by atoms with Crippen molar-refractivity contribution in [2.24, 2.45) is 5.92 Å². The number of carbonyl (C=O) groups is 1. The average molecular weight is 326 g/mol. The lowest BCUT2D eigenvalue weighted by Crippen LogP contribution is -2.23. The van der Waals surface area contributed by atoms with E-state index in [2.05, 4.69) is 29.2 Å². The second-order valence-electron chi connectivity index (χ2n) is 7.06. The van der Waals surface area contributed by atoms with E-state index < -0.39 is 0 Å².